The lowest BCUT2D eigenvalue weighted by Gasteiger charge is -2.04. The van der Waals surface area contributed by atoms with Gasteiger partial charge in [0.2, 0.25) is 0 Å². The van der Waals surface area contributed by atoms with Crippen molar-refractivity contribution in [2.24, 2.45) is 10.9 Å². The van der Waals surface area contributed by atoms with Crippen LogP contribution in [0.1, 0.15) is 16.1 Å². The van der Waals surface area contributed by atoms with E-state index >= 15 is 0 Å². The minimum Gasteiger partial charge on any atom is -0.507 e. The molecule has 3 aromatic rings. The predicted molar refractivity (Wildman–Crippen MR) is 90.2 cm³/mol. The lowest BCUT2D eigenvalue weighted by Crippen LogP contribution is -2.06. The van der Waals surface area contributed by atoms with Crippen molar-refractivity contribution in [2.75, 3.05) is 0 Å². The molecule has 0 radical (unpaired) electrons. The van der Waals surface area contributed by atoms with E-state index in [1.165, 1.54) is 16.9 Å². The number of hydrogen-bond donors (Lipinski definition) is 2. The van der Waals surface area contributed by atoms with Crippen LogP contribution < -0.4 is 5.84 Å². The van der Waals surface area contributed by atoms with E-state index in [2.05, 4.69) is 22.2 Å². The van der Waals surface area contributed by atoms with Crippen LogP contribution in [-0.2, 0) is 0 Å². The number of rotatable bonds is 3. The summed E-state index contributed by atoms with van der Waals surface area (Å²) in [5.74, 6) is 5.65. The Morgan fingerprint density at radius 3 is 2.55 bits per heavy atom. The van der Waals surface area contributed by atoms with Gasteiger partial charge >= 0.3 is 0 Å². The molecule has 4 nitrogen and oxygen atoms in total. The maximum Gasteiger partial charge on any atom is 0.145 e. The minimum absolute atomic E-state index is 0.138. The first-order valence-corrected chi connectivity index (χ1v) is 7.66. The molecule has 0 atom stereocenters. The van der Waals surface area contributed by atoms with Crippen LogP contribution in [0.5, 0.6) is 5.75 Å². The second kappa shape index (κ2) is 5.99. The summed E-state index contributed by atoms with van der Waals surface area (Å²) in [7, 11) is 0. The maximum absolute atomic E-state index is 9.97. The second-order valence-corrected chi connectivity index (χ2v) is 5.76. The SMILES string of the molecule is Cc1ccc(-c2csc(/C(=N/N)c3ccccc3O)n2)cc1. The highest BCUT2D eigenvalue weighted by molar-refractivity contribution is 7.12. The first-order valence-electron chi connectivity index (χ1n) is 6.78. The Morgan fingerprint density at radius 1 is 1.14 bits per heavy atom. The summed E-state index contributed by atoms with van der Waals surface area (Å²) < 4.78 is 0. The first kappa shape index (κ1) is 14.3. The first-order chi connectivity index (χ1) is 10.7. The third-order valence-corrected chi connectivity index (χ3v) is 4.19. The lowest BCUT2D eigenvalue weighted by molar-refractivity contribution is 0.474. The van der Waals surface area contributed by atoms with Crippen LogP contribution in [0.3, 0.4) is 0 Å². The Hall–Kier alpha value is -2.66. The van der Waals surface area contributed by atoms with Crippen LogP contribution in [0, 0.1) is 6.92 Å². The highest BCUT2D eigenvalue weighted by Crippen LogP contribution is 2.26. The number of aromatic hydroxyl groups is 1. The fourth-order valence-corrected chi connectivity index (χ4v) is 2.99. The molecule has 3 N–H and O–H groups in total. The second-order valence-electron chi connectivity index (χ2n) is 4.90. The molecular formula is C17H15N3OS. The molecule has 22 heavy (non-hydrogen) atoms. The summed E-state index contributed by atoms with van der Waals surface area (Å²) in [6.07, 6.45) is 0. The lowest BCUT2D eigenvalue weighted by atomic mass is 10.1. The van der Waals surface area contributed by atoms with E-state index in [1.54, 1.807) is 18.2 Å². The summed E-state index contributed by atoms with van der Waals surface area (Å²) in [6, 6.07) is 15.1. The van der Waals surface area contributed by atoms with Crippen LogP contribution in [-0.4, -0.2) is 15.8 Å². The van der Waals surface area contributed by atoms with E-state index in [9.17, 15) is 5.11 Å². The van der Waals surface area contributed by atoms with Gasteiger partial charge < -0.3 is 10.9 Å². The average Bonchev–Trinajstić information content (AvgIpc) is 3.00. The quantitative estimate of drug-likeness (QED) is 0.441. The topological polar surface area (TPSA) is 71.5 Å². The van der Waals surface area contributed by atoms with Crippen molar-refractivity contribution >= 4 is 17.0 Å². The van der Waals surface area contributed by atoms with Gasteiger partial charge in [0.05, 0.1) is 5.69 Å². The fraction of sp³-hybridized carbons (Fsp3) is 0.0588. The molecular weight excluding hydrogens is 294 g/mol. The molecule has 110 valence electrons. The van der Waals surface area contributed by atoms with Gasteiger partial charge in [-0.2, -0.15) is 5.10 Å². The van der Waals surface area contributed by atoms with Crippen molar-refractivity contribution in [3.8, 4) is 17.0 Å². The van der Waals surface area contributed by atoms with Gasteiger partial charge in [-0.1, -0.05) is 42.0 Å². The van der Waals surface area contributed by atoms with Gasteiger partial charge in [-0.3, -0.25) is 0 Å². The molecule has 0 spiro atoms. The van der Waals surface area contributed by atoms with E-state index < -0.39 is 0 Å². The van der Waals surface area contributed by atoms with Crippen molar-refractivity contribution in [2.45, 2.75) is 6.92 Å². The summed E-state index contributed by atoms with van der Waals surface area (Å²) in [6.45, 7) is 2.05. The molecule has 0 bridgehead atoms. The van der Waals surface area contributed by atoms with Crippen LogP contribution in [0.25, 0.3) is 11.3 Å². The van der Waals surface area contributed by atoms with Gasteiger partial charge in [0, 0.05) is 16.5 Å². The number of aromatic nitrogens is 1. The van der Waals surface area contributed by atoms with Crippen LogP contribution in [0.15, 0.2) is 59.0 Å². The number of phenols is 1. The summed E-state index contributed by atoms with van der Waals surface area (Å²) in [5.41, 5.74) is 4.19. The normalized spacial score (nSPS) is 11.6. The number of phenolic OH excluding ortho intramolecular Hbond substituents is 1. The summed E-state index contributed by atoms with van der Waals surface area (Å²) in [4.78, 5) is 4.60. The molecule has 1 heterocycles. The van der Waals surface area contributed by atoms with E-state index in [0.29, 0.717) is 16.3 Å². The molecule has 0 aliphatic rings. The summed E-state index contributed by atoms with van der Waals surface area (Å²) in [5, 5.41) is 16.4. The Kier molecular flexibility index (Phi) is 3.89. The third-order valence-electron chi connectivity index (χ3n) is 3.34. The number of nitrogens with two attached hydrogens (primary N) is 1. The van der Waals surface area contributed by atoms with E-state index in [0.717, 1.165) is 11.3 Å². The van der Waals surface area contributed by atoms with Gasteiger partial charge in [-0.15, -0.1) is 11.3 Å². The number of para-hydroxylation sites is 1. The Morgan fingerprint density at radius 2 is 1.86 bits per heavy atom. The zero-order valence-corrected chi connectivity index (χ0v) is 12.8. The van der Waals surface area contributed by atoms with Gasteiger partial charge in [-0.25, -0.2) is 4.98 Å². The molecule has 0 unspecified atom stereocenters. The number of thiazole rings is 1. The standard InChI is InChI=1S/C17H15N3OS/c1-11-6-8-12(9-7-11)14-10-22-17(19-14)16(20-18)13-4-2-3-5-15(13)21/h2-10,21H,18H2,1H3/b20-16+. The molecule has 0 aliphatic carbocycles. The van der Waals surface area contributed by atoms with E-state index in [1.807, 2.05) is 30.5 Å². The molecule has 2 aromatic carbocycles. The number of benzene rings is 2. The average molecular weight is 309 g/mol. The predicted octanol–water partition coefficient (Wildman–Crippen LogP) is 3.54. The van der Waals surface area contributed by atoms with Crippen LogP contribution in [0.4, 0.5) is 0 Å². The van der Waals surface area contributed by atoms with Crippen molar-refractivity contribution < 1.29 is 5.11 Å². The molecule has 0 saturated heterocycles. The fourth-order valence-electron chi connectivity index (χ4n) is 2.15. The van der Waals surface area contributed by atoms with Gasteiger partial charge in [0.15, 0.2) is 0 Å². The number of aryl methyl sites for hydroxylation is 1. The molecule has 5 heteroatoms. The molecule has 0 amide bonds. The monoisotopic (exact) mass is 309 g/mol. The Bertz CT molecular complexity index is 822. The van der Waals surface area contributed by atoms with E-state index in [4.69, 9.17) is 5.84 Å². The minimum atomic E-state index is 0.138. The van der Waals surface area contributed by atoms with Crippen LogP contribution in [0.2, 0.25) is 0 Å². The summed E-state index contributed by atoms with van der Waals surface area (Å²) >= 11 is 1.45. The van der Waals surface area contributed by atoms with Gasteiger partial charge in [0.1, 0.15) is 16.5 Å². The molecule has 1 aromatic heterocycles. The van der Waals surface area contributed by atoms with Crippen molar-refractivity contribution in [1.29, 1.82) is 0 Å². The highest BCUT2D eigenvalue weighted by Gasteiger charge is 2.15. The van der Waals surface area contributed by atoms with E-state index in [-0.39, 0.29) is 5.75 Å². The maximum atomic E-state index is 9.97. The zero-order valence-electron chi connectivity index (χ0n) is 12.0. The zero-order chi connectivity index (χ0) is 15.5. The van der Waals surface area contributed by atoms with Gasteiger partial charge in [-0.05, 0) is 19.1 Å². The Labute approximate surface area is 132 Å². The molecule has 3 rings (SSSR count). The Balaban J connectivity index is 1.99. The highest BCUT2D eigenvalue weighted by atomic mass is 32.1. The van der Waals surface area contributed by atoms with Gasteiger partial charge in [0.25, 0.3) is 0 Å². The molecule has 0 aliphatic heterocycles. The number of nitrogens with zero attached hydrogens (tertiary/aromatic N) is 2. The van der Waals surface area contributed by atoms with Crippen molar-refractivity contribution in [1.82, 2.24) is 4.98 Å². The number of hydrazone groups is 1. The largest absolute Gasteiger partial charge is 0.507 e. The molecule has 0 saturated carbocycles. The number of hydrogen-bond acceptors (Lipinski definition) is 5. The molecule has 0 fully saturated rings. The third kappa shape index (κ3) is 2.71. The van der Waals surface area contributed by atoms with Crippen LogP contribution >= 0.6 is 11.3 Å². The van der Waals surface area contributed by atoms with Crippen molar-refractivity contribution in [3.05, 3.63) is 70.0 Å². The van der Waals surface area contributed by atoms with Crippen molar-refractivity contribution in [3.63, 3.8) is 0 Å². The smallest absolute Gasteiger partial charge is 0.145 e.